The number of hydrogen-bond donors (Lipinski definition) is 2. The summed E-state index contributed by atoms with van der Waals surface area (Å²) in [5.74, 6) is 1.67. The van der Waals surface area contributed by atoms with Gasteiger partial charge in [0.15, 0.2) is 16.6 Å². The normalized spacial score (nSPS) is 10.0. The molecule has 0 fully saturated rings. The summed E-state index contributed by atoms with van der Waals surface area (Å²) >= 11 is 5.36. The number of thiocarbonyl (C=S) groups is 1. The Labute approximate surface area is 147 Å². The topological polar surface area (TPSA) is 51.8 Å². The van der Waals surface area contributed by atoms with Crippen LogP contribution in [0.1, 0.15) is 12.5 Å². The van der Waals surface area contributed by atoms with Crippen molar-refractivity contribution in [2.75, 3.05) is 32.0 Å². The second kappa shape index (κ2) is 8.40. The Morgan fingerprint density at radius 3 is 1.88 bits per heavy atom. The lowest BCUT2D eigenvalue weighted by Gasteiger charge is -2.16. The highest BCUT2D eigenvalue weighted by atomic mass is 32.1. The summed E-state index contributed by atoms with van der Waals surface area (Å²) in [6.45, 7) is 2.12. The summed E-state index contributed by atoms with van der Waals surface area (Å²) in [5.41, 5.74) is 2.95. The van der Waals surface area contributed by atoms with Crippen LogP contribution in [0.5, 0.6) is 17.2 Å². The highest BCUT2D eigenvalue weighted by Gasteiger charge is 2.13. The lowest BCUT2D eigenvalue weighted by Crippen LogP contribution is -2.19. The fraction of sp³-hybridized carbons (Fsp3) is 0.278. The van der Waals surface area contributed by atoms with Crippen LogP contribution in [0.2, 0.25) is 0 Å². The van der Waals surface area contributed by atoms with Gasteiger partial charge in [0, 0.05) is 23.5 Å². The molecule has 6 heteroatoms. The van der Waals surface area contributed by atoms with Crippen LogP contribution >= 0.6 is 12.2 Å². The minimum Gasteiger partial charge on any atom is -0.493 e. The first kappa shape index (κ1) is 17.9. The van der Waals surface area contributed by atoms with E-state index in [2.05, 4.69) is 29.7 Å². The molecule has 2 aromatic rings. The maximum absolute atomic E-state index is 5.36. The van der Waals surface area contributed by atoms with Crippen molar-refractivity contribution in [2.24, 2.45) is 0 Å². The van der Waals surface area contributed by atoms with Gasteiger partial charge < -0.3 is 24.8 Å². The molecule has 24 heavy (non-hydrogen) atoms. The predicted molar refractivity (Wildman–Crippen MR) is 102 cm³/mol. The Hall–Kier alpha value is -2.47. The van der Waals surface area contributed by atoms with Gasteiger partial charge in [-0.15, -0.1) is 0 Å². The quantitative estimate of drug-likeness (QED) is 0.769. The number of nitrogens with one attached hydrogen (secondary N) is 2. The fourth-order valence-electron chi connectivity index (χ4n) is 2.27. The van der Waals surface area contributed by atoms with Crippen LogP contribution in [0.3, 0.4) is 0 Å². The van der Waals surface area contributed by atoms with Gasteiger partial charge in [-0.1, -0.05) is 19.1 Å². The molecule has 0 atom stereocenters. The SMILES string of the molecule is CCc1ccc(NC(=S)Nc2cc(OC)c(OC)c(OC)c2)cc1. The van der Waals surface area contributed by atoms with Crippen molar-refractivity contribution < 1.29 is 14.2 Å². The van der Waals surface area contributed by atoms with Gasteiger partial charge in [-0.05, 0) is 36.3 Å². The number of ether oxygens (including phenoxy) is 3. The van der Waals surface area contributed by atoms with E-state index in [9.17, 15) is 0 Å². The van der Waals surface area contributed by atoms with Crippen molar-refractivity contribution in [1.82, 2.24) is 0 Å². The Morgan fingerprint density at radius 1 is 0.875 bits per heavy atom. The summed E-state index contributed by atoms with van der Waals surface area (Å²) in [4.78, 5) is 0. The molecule has 5 nitrogen and oxygen atoms in total. The minimum absolute atomic E-state index is 0.480. The molecule has 2 rings (SSSR count). The van der Waals surface area contributed by atoms with E-state index in [0.717, 1.165) is 17.8 Å². The summed E-state index contributed by atoms with van der Waals surface area (Å²) in [6.07, 6.45) is 1.01. The lowest BCUT2D eigenvalue weighted by molar-refractivity contribution is 0.324. The summed E-state index contributed by atoms with van der Waals surface area (Å²) < 4.78 is 16.0. The van der Waals surface area contributed by atoms with Crippen LogP contribution in [-0.2, 0) is 6.42 Å². The van der Waals surface area contributed by atoms with E-state index in [4.69, 9.17) is 26.4 Å². The van der Waals surface area contributed by atoms with Gasteiger partial charge in [0.25, 0.3) is 0 Å². The molecule has 0 saturated carbocycles. The van der Waals surface area contributed by atoms with E-state index in [1.54, 1.807) is 33.5 Å². The van der Waals surface area contributed by atoms with Gasteiger partial charge in [-0.2, -0.15) is 0 Å². The molecular weight excluding hydrogens is 324 g/mol. The second-order valence-electron chi connectivity index (χ2n) is 5.04. The Balaban J connectivity index is 2.12. The van der Waals surface area contributed by atoms with Crippen LogP contribution in [0.25, 0.3) is 0 Å². The largest absolute Gasteiger partial charge is 0.493 e. The van der Waals surface area contributed by atoms with Gasteiger partial charge >= 0.3 is 0 Å². The lowest BCUT2D eigenvalue weighted by atomic mass is 10.1. The van der Waals surface area contributed by atoms with Crippen LogP contribution < -0.4 is 24.8 Å². The van der Waals surface area contributed by atoms with E-state index in [1.807, 2.05) is 12.1 Å². The first-order valence-electron chi connectivity index (χ1n) is 7.58. The Kier molecular flexibility index (Phi) is 6.26. The van der Waals surface area contributed by atoms with Gasteiger partial charge in [0.05, 0.1) is 21.3 Å². The summed E-state index contributed by atoms with van der Waals surface area (Å²) in [7, 11) is 4.72. The van der Waals surface area contributed by atoms with E-state index >= 15 is 0 Å². The van der Waals surface area contributed by atoms with E-state index in [0.29, 0.717) is 22.4 Å². The van der Waals surface area contributed by atoms with Crippen LogP contribution in [0.4, 0.5) is 11.4 Å². The molecule has 0 unspecified atom stereocenters. The zero-order valence-corrected chi connectivity index (χ0v) is 15.1. The highest BCUT2D eigenvalue weighted by molar-refractivity contribution is 7.80. The van der Waals surface area contributed by atoms with Crippen LogP contribution in [0.15, 0.2) is 36.4 Å². The standard InChI is InChI=1S/C18H22N2O3S/c1-5-12-6-8-13(9-7-12)19-18(24)20-14-10-15(21-2)17(23-4)16(11-14)22-3/h6-11H,5H2,1-4H3,(H2,19,20,24). The monoisotopic (exact) mass is 346 g/mol. The molecular formula is C18H22N2O3S. The highest BCUT2D eigenvalue weighted by Crippen LogP contribution is 2.39. The minimum atomic E-state index is 0.480. The molecule has 0 heterocycles. The Morgan fingerprint density at radius 2 is 1.42 bits per heavy atom. The van der Waals surface area contributed by atoms with Crippen molar-refractivity contribution >= 4 is 28.7 Å². The van der Waals surface area contributed by atoms with Crippen LogP contribution in [-0.4, -0.2) is 26.4 Å². The molecule has 2 N–H and O–H groups in total. The second-order valence-corrected chi connectivity index (χ2v) is 5.45. The van der Waals surface area contributed by atoms with Gasteiger partial charge in [-0.25, -0.2) is 0 Å². The maximum Gasteiger partial charge on any atom is 0.203 e. The fourth-order valence-corrected chi connectivity index (χ4v) is 2.51. The molecule has 0 radical (unpaired) electrons. The average Bonchev–Trinajstić information content (AvgIpc) is 2.61. The molecule has 128 valence electrons. The zero-order chi connectivity index (χ0) is 17.5. The number of hydrogen-bond acceptors (Lipinski definition) is 4. The summed E-state index contributed by atoms with van der Waals surface area (Å²) in [6, 6.07) is 11.8. The summed E-state index contributed by atoms with van der Waals surface area (Å²) in [5, 5.41) is 6.76. The van der Waals surface area contributed by atoms with Gasteiger partial charge in [0.1, 0.15) is 0 Å². The van der Waals surface area contributed by atoms with E-state index < -0.39 is 0 Å². The molecule has 0 saturated heterocycles. The van der Waals surface area contributed by atoms with E-state index in [1.165, 1.54) is 5.56 Å². The Bertz CT molecular complexity index is 677. The smallest absolute Gasteiger partial charge is 0.203 e. The number of rotatable bonds is 6. The van der Waals surface area contributed by atoms with E-state index in [-0.39, 0.29) is 0 Å². The third kappa shape index (κ3) is 4.29. The number of methoxy groups -OCH3 is 3. The number of aryl methyl sites for hydroxylation is 1. The van der Waals surface area contributed by atoms with Crippen molar-refractivity contribution in [3.05, 3.63) is 42.0 Å². The van der Waals surface area contributed by atoms with Gasteiger partial charge in [-0.3, -0.25) is 0 Å². The molecule has 0 spiro atoms. The van der Waals surface area contributed by atoms with Crippen molar-refractivity contribution in [1.29, 1.82) is 0 Å². The predicted octanol–water partition coefficient (Wildman–Crippen LogP) is 4.08. The number of benzene rings is 2. The molecule has 0 amide bonds. The van der Waals surface area contributed by atoms with Crippen LogP contribution in [0, 0.1) is 0 Å². The van der Waals surface area contributed by atoms with Crippen molar-refractivity contribution in [3.8, 4) is 17.2 Å². The average molecular weight is 346 g/mol. The first-order chi connectivity index (χ1) is 11.6. The van der Waals surface area contributed by atoms with Gasteiger partial charge in [0.2, 0.25) is 5.75 Å². The molecule has 0 aliphatic carbocycles. The third-order valence-electron chi connectivity index (χ3n) is 3.54. The molecule has 0 aliphatic heterocycles. The maximum atomic E-state index is 5.36. The molecule has 0 aromatic heterocycles. The number of anilines is 2. The third-order valence-corrected chi connectivity index (χ3v) is 3.75. The molecule has 0 bridgehead atoms. The van der Waals surface area contributed by atoms with Crippen molar-refractivity contribution in [3.63, 3.8) is 0 Å². The molecule has 2 aromatic carbocycles. The molecule has 0 aliphatic rings. The zero-order valence-electron chi connectivity index (χ0n) is 14.3. The van der Waals surface area contributed by atoms with Crippen molar-refractivity contribution in [2.45, 2.75) is 13.3 Å². The first-order valence-corrected chi connectivity index (χ1v) is 7.99.